The third-order valence-electron chi connectivity index (χ3n) is 2.36. The van der Waals surface area contributed by atoms with Gasteiger partial charge in [-0.15, -0.1) is 0 Å². The molecule has 0 fully saturated rings. The number of halogens is 2. The fourth-order valence-electron chi connectivity index (χ4n) is 1.51. The summed E-state index contributed by atoms with van der Waals surface area (Å²) in [5.74, 6) is 0.588. The zero-order valence-corrected chi connectivity index (χ0v) is 12.2. The van der Waals surface area contributed by atoms with Gasteiger partial charge in [0.15, 0.2) is 0 Å². The Balaban J connectivity index is 2.61. The molecule has 0 aliphatic heterocycles. The van der Waals surface area contributed by atoms with Crippen molar-refractivity contribution in [3.63, 3.8) is 0 Å². The van der Waals surface area contributed by atoms with Crippen LogP contribution < -0.4 is 10.1 Å². The van der Waals surface area contributed by atoms with Crippen LogP contribution in [0.1, 0.15) is 13.3 Å². The van der Waals surface area contributed by atoms with Gasteiger partial charge in [-0.1, -0.05) is 36.2 Å². The third kappa shape index (κ3) is 5.02. The molecule has 0 spiro atoms. The molecule has 1 aromatic carbocycles. The zero-order valence-electron chi connectivity index (χ0n) is 10.7. The average molecular weight is 292 g/mol. The Hall–Kier alpha value is -0.480. The standard InChI is InChI=1S/C13H19Cl2NO2/c1-3-7-16-8-10(9-17-2)18-12-6-4-5-11(14)13(12)15/h4-6,10,16H,3,7-9H2,1-2H3. The molecule has 1 rings (SSSR count). The van der Waals surface area contributed by atoms with Gasteiger partial charge in [-0.05, 0) is 25.1 Å². The number of nitrogens with one attached hydrogen (secondary N) is 1. The highest BCUT2D eigenvalue weighted by atomic mass is 35.5. The van der Waals surface area contributed by atoms with Gasteiger partial charge in [-0.2, -0.15) is 0 Å². The van der Waals surface area contributed by atoms with E-state index in [1.807, 2.05) is 6.07 Å². The van der Waals surface area contributed by atoms with Crippen molar-refractivity contribution in [1.29, 1.82) is 0 Å². The summed E-state index contributed by atoms with van der Waals surface area (Å²) in [4.78, 5) is 0. The molecular weight excluding hydrogens is 273 g/mol. The molecule has 0 aliphatic carbocycles. The number of methoxy groups -OCH3 is 1. The second kappa shape index (κ2) is 8.59. The van der Waals surface area contributed by atoms with Crippen LogP contribution in [0.3, 0.4) is 0 Å². The largest absolute Gasteiger partial charge is 0.485 e. The maximum absolute atomic E-state index is 6.08. The molecule has 0 radical (unpaired) electrons. The van der Waals surface area contributed by atoms with Crippen LogP contribution in [-0.4, -0.2) is 32.9 Å². The Kier molecular flexibility index (Phi) is 7.44. The Bertz CT molecular complexity index is 361. The van der Waals surface area contributed by atoms with Crippen molar-refractivity contribution in [2.75, 3.05) is 26.8 Å². The highest BCUT2D eigenvalue weighted by molar-refractivity contribution is 6.42. The molecule has 0 bridgehead atoms. The highest BCUT2D eigenvalue weighted by Crippen LogP contribution is 2.32. The van der Waals surface area contributed by atoms with Crippen LogP contribution in [0.2, 0.25) is 10.0 Å². The van der Waals surface area contributed by atoms with E-state index in [0.29, 0.717) is 28.9 Å². The predicted octanol–water partition coefficient (Wildman–Crippen LogP) is 3.39. The van der Waals surface area contributed by atoms with E-state index in [1.165, 1.54) is 0 Å². The monoisotopic (exact) mass is 291 g/mol. The van der Waals surface area contributed by atoms with E-state index in [1.54, 1.807) is 19.2 Å². The van der Waals surface area contributed by atoms with Gasteiger partial charge in [0.2, 0.25) is 0 Å². The maximum Gasteiger partial charge on any atom is 0.140 e. The molecule has 0 aliphatic rings. The van der Waals surface area contributed by atoms with Crippen molar-refractivity contribution < 1.29 is 9.47 Å². The van der Waals surface area contributed by atoms with E-state index in [4.69, 9.17) is 32.7 Å². The van der Waals surface area contributed by atoms with Crippen LogP contribution in [0.25, 0.3) is 0 Å². The van der Waals surface area contributed by atoms with Crippen LogP contribution >= 0.6 is 23.2 Å². The summed E-state index contributed by atoms with van der Waals surface area (Å²) in [5, 5.41) is 4.23. The average Bonchev–Trinajstić information content (AvgIpc) is 2.35. The summed E-state index contributed by atoms with van der Waals surface area (Å²) in [5.41, 5.74) is 0. The van der Waals surface area contributed by atoms with Gasteiger partial charge < -0.3 is 14.8 Å². The predicted molar refractivity (Wildman–Crippen MR) is 75.9 cm³/mol. The van der Waals surface area contributed by atoms with E-state index in [-0.39, 0.29) is 6.10 Å². The molecular formula is C13H19Cl2NO2. The second-order valence-electron chi connectivity index (χ2n) is 3.95. The van der Waals surface area contributed by atoms with E-state index < -0.39 is 0 Å². The second-order valence-corrected chi connectivity index (χ2v) is 4.74. The SMILES string of the molecule is CCCNCC(COC)Oc1cccc(Cl)c1Cl. The van der Waals surface area contributed by atoms with Gasteiger partial charge in [-0.25, -0.2) is 0 Å². The van der Waals surface area contributed by atoms with Crippen molar-refractivity contribution >= 4 is 23.2 Å². The minimum absolute atomic E-state index is 0.0856. The van der Waals surface area contributed by atoms with Gasteiger partial charge in [0.1, 0.15) is 16.9 Å². The lowest BCUT2D eigenvalue weighted by Crippen LogP contribution is -2.35. The lowest BCUT2D eigenvalue weighted by molar-refractivity contribution is 0.0808. The van der Waals surface area contributed by atoms with Gasteiger partial charge in [-0.3, -0.25) is 0 Å². The van der Waals surface area contributed by atoms with E-state index in [0.717, 1.165) is 13.0 Å². The summed E-state index contributed by atoms with van der Waals surface area (Å²) < 4.78 is 10.9. The van der Waals surface area contributed by atoms with Crippen LogP contribution in [0, 0.1) is 0 Å². The molecule has 0 heterocycles. The number of rotatable bonds is 8. The Morgan fingerprint density at radius 3 is 2.78 bits per heavy atom. The van der Waals surface area contributed by atoms with Crippen LogP contribution in [0.15, 0.2) is 18.2 Å². The molecule has 0 aromatic heterocycles. The molecule has 0 saturated heterocycles. The molecule has 1 aromatic rings. The third-order valence-corrected chi connectivity index (χ3v) is 3.16. The lowest BCUT2D eigenvalue weighted by atomic mass is 10.3. The minimum Gasteiger partial charge on any atom is -0.485 e. The molecule has 1 atom stereocenters. The highest BCUT2D eigenvalue weighted by Gasteiger charge is 2.13. The van der Waals surface area contributed by atoms with Gasteiger partial charge in [0, 0.05) is 13.7 Å². The first-order valence-corrected chi connectivity index (χ1v) is 6.75. The Morgan fingerprint density at radius 1 is 1.33 bits per heavy atom. The summed E-state index contributed by atoms with van der Waals surface area (Å²) in [6, 6.07) is 5.35. The number of benzene rings is 1. The molecule has 0 saturated carbocycles. The summed E-state index contributed by atoms with van der Waals surface area (Å²) in [6.45, 7) is 4.28. The summed E-state index contributed by atoms with van der Waals surface area (Å²) >= 11 is 12.0. The molecule has 1 N–H and O–H groups in total. The topological polar surface area (TPSA) is 30.5 Å². The van der Waals surface area contributed by atoms with E-state index in [9.17, 15) is 0 Å². The van der Waals surface area contributed by atoms with Gasteiger partial charge in [0.05, 0.1) is 11.6 Å². The smallest absolute Gasteiger partial charge is 0.140 e. The first-order chi connectivity index (χ1) is 8.69. The van der Waals surface area contributed by atoms with Crippen molar-refractivity contribution in [2.24, 2.45) is 0 Å². The normalized spacial score (nSPS) is 12.4. The van der Waals surface area contributed by atoms with Gasteiger partial charge >= 0.3 is 0 Å². The Labute approximate surface area is 118 Å². The molecule has 5 heteroatoms. The van der Waals surface area contributed by atoms with E-state index in [2.05, 4.69) is 12.2 Å². The van der Waals surface area contributed by atoms with Crippen LogP contribution in [-0.2, 0) is 4.74 Å². The molecule has 18 heavy (non-hydrogen) atoms. The molecule has 0 amide bonds. The van der Waals surface area contributed by atoms with Crippen LogP contribution in [0.4, 0.5) is 0 Å². The minimum atomic E-state index is -0.0856. The fraction of sp³-hybridized carbons (Fsp3) is 0.538. The first kappa shape index (κ1) is 15.6. The van der Waals surface area contributed by atoms with Crippen molar-refractivity contribution in [1.82, 2.24) is 5.32 Å². The zero-order chi connectivity index (χ0) is 13.4. The van der Waals surface area contributed by atoms with Crippen molar-refractivity contribution in [2.45, 2.75) is 19.4 Å². The quantitative estimate of drug-likeness (QED) is 0.745. The van der Waals surface area contributed by atoms with Crippen LogP contribution in [0.5, 0.6) is 5.75 Å². The molecule has 102 valence electrons. The number of hydrogen-bond acceptors (Lipinski definition) is 3. The van der Waals surface area contributed by atoms with Crippen molar-refractivity contribution in [3.8, 4) is 5.75 Å². The fourth-order valence-corrected chi connectivity index (χ4v) is 1.85. The molecule has 3 nitrogen and oxygen atoms in total. The van der Waals surface area contributed by atoms with Crippen molar-refractivity contribution in [3.05, 3.63) is 28.2 Å². The van der Waals surface area contributed by atoms with Gasteiger partial charge in [0.25, 0.3) is 0 Å². The first-order valence-electron chi connectivity index (χ1n) is 5.99. The summed E-state index contributed by atoms with van der Waals surface area (Å²) in [7, 11) is 1.65. The summed E-state index contributed by atoms with van der Waals surface area (Å²) in [6.07, 6.45) is 0.995. The maximum atomic E-state index is 6.08. The number of ether oxygens (including phenoxy) is 2. The Morgan fingerprint density at radius 2 is 2.11 bits per heavy atom. The number of hydrogen-bond donors (Lipinski definition) is 1. The van der Waals surface area contributed by atoms with E-state index >= 15 is 0 Å². The molecule has 1 unspecified atom stereocenters. The lowest BCUT2D eigenvalue weighted by Gasteiger charge is -2.20.